The summed E-state index contributed by atoms with van der Waals surface area (Å²) < 4.78 is 29.9. The molecule has 2 aliphatic heterocycles. The molecule has 0 aromatic carbocycles. The number of rotatable bonds is 14. The van der Waals surface area contributed by atoms with Gasteiger partial charge in [0.25, 0.3) is 0 Å². The minimum Gasteiger partial charge on any atom is -0.430 e. The summed E-state index contributed by atoms with van der Waals surface area (Å²) in [6, 6.07) is 0. The Labute approximate surface area is 165 Å². The highest BCUT2D eigenvalue weighted by molar-refractivity contribution is 5.62. The highest BCUT2D eigenvalue weighted by Gasteiger charge is 2.25. The number of cyclic esters (lactones) is 4. The van der Waals surface area contributed by atoms with Crippen LogP contribution < -0.4 is 0 Å². The molecule has 8 heteroatoms. The van der Waals surface area contributed by atoms with Crippen molar-refractivity contribution in [2.45, 2.75) is 31.5 Å². The van der Waals surface area contributed by atoms with E-state index in [9.17, 15) is 9.59 Å². The van der Waals surface area contributed by atoms with Crippen molar-refractivity contribution < 1.29 is 38.0 Å². The van der Waals surface area contributed by atoms with Crippen molar-refractivity contribution in [1.82, 2.24) is 0 Å². The van der Waals surface area contributed by atoms with Crippen LogP contribution in [0, 0.1) is 5.92 Å². The molecule has 28 heavy (non-hydrogen) atoms. The van der Waals surface area contributed by atoms with Crippen LogP contribution in [0.4, 0.5) is 9.59 Å². The maximum atomic E-state index is 10.8. The fraction of sp³-hybridized carbons (Fsp3) is 0.600. The van der Waals surface area contributed by atoms with Crippen LogP contribution in [0.5, 0.6) is 0 Å². The predicted octanol–water partition coefficient (Wildman–Crippen LogP) is 3.18. The van der Waals surface area contributed by atoms with Crippen molar-refractivity contribution in [2.24, 2.45) is 5.92 Å². The smallest absolute Gasteiger partial charge is 0.430 e. The van der Waals surface area contributed by atoms with Gasteiger partial charge in [-0.1, -0.05) is 30.4 Å². The topological polar surface area (TPSA) is 89.5 Å². The largest absolute Gasteiger partial charge is 0.508 e. The lowest BCUT2D eigenvalue weighted by Crippen LogP contribution is -2.17. The van der Waals surface area contributed by atoms with Gasteiger partial charge in [-0.15, -0.1) is 6.58 Å². The van der Waals surface area contributed by atoms with Crippen LogP contribution in [0.15, 0.2) is 37.0 Å². The zero-order valence-corrected chi connectivity index (χ0v) is 16.0. The van der Waals surface area contributed by atoms with E-state index < -0.39 is 12.3 Å². The maximum Gasteiger partial charge on any atom is 0.508 e. The van der Waals surface area contributed by atoms with Gasteiger partial charge in [0.05, 0.1) is 26.4 Å². The van der Waals surface area contributed by atoms with Gasteiger partial charge in [0.15, 0.2) is 12.2 Å². The highest BCUT2D eigenvalue weighted by atomic mass is 16.8. The third-order valence-corrected chi connectivity index (χ3v) is 4.15. The summed E-state index contributed by atoms with van der Waals surface area (Å²) in [4.78, 5) is 21.5. The Balaban J connectivity index is 1.44. The van der Waals surface area contributed by atoms with E-state index in [1.807, 2.05) is 18.2 Å². The minimum absolute atomic E-state index is 0.252. The summed E-state index contributed by atoms with van der Waals surface area (Å²) in [6.07, 6.45) is 11.0. The number of carbonyl (C=O) groups is 2. The van der Waals surface area contributed by atoms with E-state index in [1.54, 1.807) is 0 Å². The van der Waals surface area contributed by atoms with Gasteiger partial charge in [-0.05, 0) is 25.2 Å². The second kappa shape index (κ2) is 13.0. The molecule has 3 atom stereocenters. The van der Waals surface area contributed by atoms with Gasteiger partial charge in [-0.2, -0.15) is 0 Å². The standard InChI is InChI=1S/C20H28O8/c1-2-16(9-5-7-11-24-13-18-15-26-20(22)28-18)8-4-3-6-10-23-12-17-14-25-19(21)27-17/h2-3,5-7,16-18H,1,4,8-15H2/b6-3+,7-5-. The quantitative estimate of drug-likeness (QED) is 0.251. The van der Waals surface area contributed by atoms with Gasteiger partial charge in [-0.25, -0.2) is 9.59 Å². The zero-order valence-electron chi connectivity index (χ0n) is 16.0. The van der Waals surface area contributed by atoms with E-state index in [2.05, 4.69) is 28.2 Å². The molecule has 0 aliphatic carbocycles. The molecule has 2 heterocycles. The first-order valence-corrected chi connectivity index (χ1v) is 9.42. The number of hydrogen-bond donors (Lipinski definition) is 0. The summed E-state index contributed by atoms with van der Waals surface area (Å²) >= 11 is 0. The second-order valence-corrected chi connectivity index (χ2v) is 6.43. The minimum atomic E-state index is -0.632. The first kappa shape index (κ1) is 22.0. The van der Waals surface area contributed by atoms with Crippen LogP contribution in [0.2, 0.25) is 0 Å². The first-order chi connectivity index (χ1) is 13.7. The lowest BCUT2D eigenvalue weighted by molar-refractivity contribution is 0.0574. The fourth-order valence-electron chi connectivity index (χ4n) is 2.60. The average Bonchev–Trinajstić information content (AvgIpc) is 3.29. The van der Waals surface area contributed by atoms with Crippen molar-refractivity contribution in [2.75, 3.05) is 39.6 Å². The maximum absolute atomic E-state index is 10.8. The number of hydrogen-bond acceptors (Lipinski definition) is 8. The third-order valence-electron chi connectivity index (χ3n) is 4.15. The van der Waals surface area contributed by atoms with Crippen LogP contribution in [0.3, 0.4) is 0 Å². The van der Waals surface area contributed by atoms with Crippen molar-refractivity contribution >= 4 is 12.3 Å². The molecule has 0 spiro atoms. The molecule has 2 aliphatic rings. The van der Waals surface area contributed by atoms with E-state index >= 15 is 0 Å². The monoisotopic (exact) mass is 396 g/mol. The number of allylic oxidation sites excluding steroid dienone is 3. The van der Waals surface area contributed by atoms with E-state index in [0.29, 0.717) is 32.3 Å². The van der Waals surface area contributed by atoms with Gasteiger partial charge in [-0.3, -0.25) is 0 Å². The van der Waals surface area contributed by atoms with Crippen LogP contribution >= 0.6 is 0 Å². The van der Waals surface area contributed by atoms with Gasteiger partial charge in [0.2, 0.25) is 0 Å². The van der Waals surface area contributed by atoms with Gasteiger partial charge in [0, 0.05) is 0 Å². The summed E-state index contributed by atoms with van der Waals surface area (Å²) in [7, 11) is 0. The van der Waals surface area contributed by atoms with E-state index in [1.165, 1.54) is 0 Å². The van der Waals surface area contributed by atoms with E-state index in [-0.39, 0.29) is 25.4 Å². The first-order valence-electron chi connectivity index (χ1n) is 9.42. The summed E-state index contributed by atoms with van der Waals surface area (Å²) in [6.45, 7) is 6.02. The van der Waals surface area contributed by atoms with E-state index in [0.717, 1.165) is 19.3 Å². The Morgan fingerprint density at radius 1 is 0.929 bits per heavy atom. The Hall–Kier alpha value is -2.32. The zero-order chi connectivity index (χ0) is 20.0. The normalized spacial score (nSPS) is 22.9. The molecule has 2 saturated heterocycles. The van der Waals surface area contributed by atoms with Crippen LogP contribution in [-0.4, -0.2) is 64.2 Å². The SMILES string of the molecule is C=CC(C/C=C\COCC1COC(=O)O1)CC/C=C/COCC1COC(=O)O1. The molecule has 0 saturated carbocycles. The molecule has 0 aromatic heterocycles. The second-order valence-electron chi connectivity index (χ2n) is 6.43. The van der Waals surface area contributed by atoms with Crippen LogP contribution in [0.25, 0.3) is 0 Å². The molecule has 0 amide bonds. The fourth-order valence-corrected chi connectivity index (χ4v) is 2.60. The summed E-state index contributed by atoms with van der Waals surface area (Å²) in [5.74, 6) is 0.390. The Morgan fingerprint density at radius 3 is 2.00 bits per heavy atom. The van der Waals surface area contributed by atoms with Crippen molar-refractivity contribution in [3.05, 3.63) is 37.0 Å². The van der Waals surface area contributed by atoms with E-state index in [4.69, 9.17) is 18.9 Å². The molecule has 8 nitrogen and oxygen atoms in total. The lowest BCUT2D eigenvalue weighted by Gasteiger charge is -2.08. The molecule has 0 radical (unpaired) electrons. The Morgan fingerprint density at radius 2 is 1.50 bits per heavy atom. The van der Waals surface area contributed by atoms with Crippen molar-refractivity contribution in [1.29, 1.82) is 0 Å². The van der Waals surface area contributed by atoms with Gasteiger partial charge >= 0.3 is 12.3 Å². The van der Waals surface area contributed by atoms with Crippen molar-refractivity contribution in [3.63, 3.8) is 0 Å². The molecule has 0 aromatic rings. The third kappa shape index (κ3) is 9.05. The van der Waals surface area contributed by atoms with Crippen molar-refractivity contribution in [3.8, 4) is 0 Å². The number of ether oxygens (including phenoxy) is 6. The summed E-state index contributed by atoms with van der Waals surface area (Å²) in [5, 5.41) is 0. The molecule has 2 rings (SSSR count). The molecule has 0 N–H and O–H groups in total. The lowest BCUT2D eigenvalue weighted by atomic mass is 9.99. The molecule has 0 bridgehead atoms. The molecular weight excluding hydrogens is 368 g/mol. The molecular formula is C20H28O8. The molecule has 2 fully saturated rings. The molecule has 156 valence electrons. The summed E-state index contributed by atoms with van der Waals surface area (Å²) in [5.41, 5.74) is 0. The predicted molar refractivity (Wildman–Crippen MR) is 99.9 cm³/mol. The highest BCUT2D eigenvalue weighted by Crippen LogP contribution is 2.14. The molecule has 3 unspecified atom stereocenters. The van der Waals surface area contributed by atoms with Gasteiger partial charge in [0.1, 0.15) is 13.2 Å². The van der Waals surface area contributed by atoms with Gasteiger partial charge < -0.3 is 28.4 Å². The Bertz CT molecular complexity index is 556. The van der Waals surface area contributed by atoms with Crippen LogP contribution in [0.1, 0.15) is 19.3 Å². The average molecular weight is 396 g/mol. The number of carbonyl (C=O) groups excluding carboxylic acids is 2. The Kier molecular flexibility index (Phi) is 10.2. The van der Waals surface area contributed by atoms with Crippen LogP contribution in [-0.2, 0) is 28.4 Å².